The van der Waals surface area contributed by atoms with Crippen LogP contribution in [0.4, 0.5) is 0 Å². The molecule has 0 spiro atoms. The maximum Gasteiger partial charge on any atom is 0.242 e. The van der Waals surface area contributed by atoms with E-state index in [1.165, 1.54) is 4.80 Å². The number of nitrogens with zero attached hydrogens (tertiary/aromatic N) is 6. The van der Waals surface area contributed by atoms with Crippen LogP contribution in [0.5, 0.6) is 0 Å². The van der Waals surface area contributed by atoms with Gasteiger partial charge in [-0.25, -0.2) is 0 Å². The number of amides is 2. The van der Waals surface area contributed by atoms with Crippen molar-refractivity contribution in [1.29, 1.82) is 0 Å². The number of ether oxygens (including phenoxy) is 2. The molecule has 1 atom stereocenters. The van der Waals surface area contributed by atoms with Crippen LogP contribution in [-0.2, 0) is 25.6 Å². The molecule has 0 saturated carbocycles. The SMILES string of the molecule is COCCn1nnc([C@@H]2CN(C(=O)CN3CC(C)(C)CC3=O)CCO2)n1. The highest BCUT2D eigenvalue weighted by molar-refractivity contribution is 5.86. The highest BCUT2D eigenvalue weighted by Crippen LogP contribution is 2.30. The lowest BCUT2D eigenvalue weighted by Gasteiger charge is -2.32. The van der Waals surface area contributed by atoms with Crippen LogP contribution in [0.2, 0.25) is 0 Å². The second-order valence-electron chi connectivity index (χ2n) is 7.53. The molecule has 3 heterocycles. The van der Waals surface area contributed by atoms with Gasteiger partial charge in [0.05, 0.1) is 32.8 Å². The van der Waals surface area contributed by atoms with Gasteiger partial charge >= 0.3 is 0 Å². The van der Waals surface area contributed by atoms with Crippen molar-refractivity contribution in [1.82, 2.24) is 30.0 Å². The van der Waals surface area contributed by atoms with Crippen LogP contribution < -0.4 is 0 Å². The van der Waals surface area contributed by atoms with Crippen LogP contribution in [0.3, 0.4) is 0 Å². The lowest BCUT2D eigenvalue weighted by atomic mass is 9.93. The van der Waals surface area contributed by atoms with Gasteiger partial charge < -0.3 is 19.3 Å². The first-order chi connectivity index (χ1) is 12.4. The smallest absolute Gasteiger partial charge is 0.242 e. The van der Waals surface area contributed by atoms with Gasteiger partial charge in [-0.1, -0.05) is 13.8 Å². The molecule has 2 saturated heterocycles. The van der Waals surface area contributed by atoms with Crippen molar-refractivity contribution < 1.29 is 19.1 Å². The average molecular weight is 366 g/mol. The summed E-state index contributed by atoms with van der Waals surface area (Å²) in [6, 6.07) is 0. The highest BCUT2D eigenvalue weighted by atomic mass is 16.5. The summed E-state index contributed by atoms with van der Waals surface area (Å²) in [7, 11) is 1.61. The van der Waals surface area contributed by atoms with Gasteiger partial charge in [0.1, 0.15) is 6.10 Å². The number of methoxy groups -OCH3 is 1. The molecule has 1 aromatic heterocycles. The minimum absolute atomic E-state index is 0.0379. The van der Waals surface area contributed by atoms with Gasteiger partial charge in [-0.05, 0) is 10.6 Å². The Morgan fingerprint density at radius 2 is 2.23 bits per heavy atom. The zero-order chi connectivity index (χ0) is 18.7. The molecule has 2 amide bonds. The molecule has 26 heavy (non-hydrogen) atoms. The Hall–Kier alpha value is -2.07. The van der Waals surface area contributed by atoms with Crippen LogP contribution in [-0.4, -0.2) is 88.3 Å². The maximum absolute atomic E-state index is 12.6. The minimum Gasteiger partial charge on any atom is -0.383 e. The Morgan fingerprint density at radius 1 is 1.42 bits per heavy atom. The first-order valence-corrected chi connectivity index (χ1v) is 8.82. The minimum atomic E-state index is -0.408. The Bertz CT molecular complexity index is 661. The largest absolute Gasteiger partial charge is 0.383 e. The summed E-state index contributed by atoms with van der Waals surface area (Å²) in [5.41, 5.74) is -0.0739. The van der Waals surface area contributed by atoms with E-state index in [0.717, 1.165) is 0 Å². The van der Waals surface area contributed by atoms with Gasteiger partial charge in [0.15, 0.2) is 0 Å². The summed E-state index contributed by atoms with van der Waals surface area (Å²) < 4.78 is 10.7. The zero-order valence-corrected chi connectivity index (χ0v) is 15.6. The third-order valence-electron chi connectivity index (χ3n) is 4.60. The van der Waals surface area contributed by atoms with E-state index in [2.05, 4.69) is 15.4 Å². The number of morpholine rings is 1. The number of hydrogen-bond acceptors (Lipinski definition) is 7. The topological polar surface area (TPSA) is 103 Å². The van der Waals surface area contributed by atoms with E-state index in [0.29, 0.717) is 51.6 Å². The van der Waals surface area contributed by atoms with Gasteiger partial charge in [0.25, 0.3) is 0 Å². The monoisotopic (exact) mass is 366 g/mol. The normalized spacial score (nSPS) is 22.9. The molecule has 0 N–H and O–H groups in total. The number of hydrogen-bond donors (Lipinski definition) is 0. The summed E-state index contributed by atoms with van der Waals surface area (Å²) in [4.78, 5) is 29.5. The van der Waals surface area contributed by atoms with E-state index in [1.807, 2.05) is 13.8 Å². The summed E-state index contributed by atoms with van der Waals surface area (Å²) >= 11 is 0. The van der Waals surface area contributed by atoms with Crippen molar-refractivity contribution >= 4 is 11.8 Å². The Kier molecular flexibility index (Phi) is 5.52. The van der Waals surface area contributed by atoms with Crippen LogP contribution in [0.25, 0.3) is 0 Å². The molecule has 0 unspecified atom stereocenters. The zero-order valence-electron chi connectivity index (χ0n) is 15.6. The third-order valence-corrected chi connectivity index (χ3v) is 4.60. The number of likely N-dealkylation sites (tertiary alicyclic amines) is 1. The Morgan fingerprint density at radius 3 is 2.92 bits per heavy atom. The molecule has 2 aliphatic rings. The molecule has 0 aromatic carbocycles. The molecule has 0 radical (unpaired) electrons. The number of carbonyl (C=O) groups is 2. The standard InChI is InChI=1S/C16H26N6O4/c1-16(2)8-13(23)21(11-16)10-14(24)20-4-7-26-12(9-20)15-17-19-22(18-15)5-6-25-3/h12H,4-11H2,1-3H3/t12-/m0/s1. The van der Waals surface area contributed by atoms with Crippen molar-refractivity contribution in [2.75, 3.05) is 46.5 Å². The molecular weight excluding hydrogens is 340 g/mol. The summed E-state index contributed by atoms with van der Waals surface area (Å²) in [6.07, 6.45) is 0.0790. The van der Waals surface area contributed by atoms with E-state index in [1.54, 1.807) is 16.9 Å². The van der Waals surface area contributed by atoms with Crippen molar-refractivity contribution in [3.8, 4) is 0 Å². The fourth-order valence-electron chi connectivity index (χ4n) is 3.27. The third kappa shape index (κ3) is 4.36. The Labute approximate surface area is 152 Å². The van der Waals surface area contributed by atoms with Crippen molar-refractivity contribution in [3.63, 3.8) is 0 Å². The van der Waals surface area contributed by atoms with E-state index >= 15 is 0 Å². The first-order valence-electron chi connectivity index (χ1n) is 8.82. The van der Waals surface area contributed by atoms with E-state index in [4.69, 9.17) is 9.47 Å². The second-order valence-corrected chi connectivity index (χ2v) is 7.53. The Balaban J connectivity index is 1.57. The van der Waals surface area contributed by atoms with E-state index in [9.17, 15) is 9.59 Å². The van der Waals surface area contributed by atoms with Crippen LogP contribution in [0, 0.1) is 5.41 Å². The molecule has 10 heteroatoms. The van der Waals surface area contributed by atoms with Crippen LogP contribution >= 0.6 is 0 Å². The van der Waals surface area contributed by atoms with Crippen LogP contribution in [0.1, 0.15) is 32.2 Å². The first kappa shape index (κ1) is 18.7. The fourth-order valence-corrected chi connectivity index (χ4v) is 3.27. The second kappa shape index (κ2) is 7.67. The predicted molar refractivity (Wildman–Crippen MR) is 89.9 cm³/mol. The molecule has 10 nitrogen and oxygen atoms in total. The quantitative estimate of drug-likeness (QED) is 0.667. The highest BCUT2D eigenvalue weighted by Gasteiger charge is 2.37. The van der Waals surface area contributed by atoms with Crippen molar-refractivity contribution in [2.24, 2.45) is 5.41 Å². The molecule has 3 rings (SSSR count). The molecule has 0 aliphatic carbocycles. The van der Waals surface area contributed by atoms with E-state index < -0.39 is 6.10 Å². The predicted octanol–water partition coefficient (Wildman–Crippen LogP) is -0.522. The molecule has 144 valence electrons. The van der Waals surface area contributed by atoms with Gasteiger partial charge in [0, 0.05) is 26.6 Å². The molecule has 2 fully saturated rings. The lowest BCUT2D eigenvalue weighted by molar-refractivity contribution is -0.144. The van der Waals surface area contributed by atoms with Gasteiger partial charge in [-0.2, -0.15) is 4.80 Å². The number of carbonyl (C=O) groups excluding carboxylic acids is 2. The molecule has 2 aliphatic heterocycles. The van der Waals surface area contributed by atoms with Crippen molar-refractivity contribution in [2.45, 2.75) is 32.9 Å². The summed E-state index contributed by atoms with van der Waals surface area (Å²) in [5, 5.41) is 12.3. The summed E-state index contributed by atoms with van der Waals surface area (Å²) in [5.74, 6) is 0.420. The molecule has 0 bridgehead atoms. The van der Waals surface area contributed by atoms with E-state index in [-0.39, 0.29) is 23.8 Å². The number of aromatic nitrogens is 4. The van der Waals surface area contributed by atoms with Gasteiger partial charge in [-0.3, -0.25) is 9.59 Å². The van der Waals surface area contributed by atoms with Crippen molar-refractivity contribution in [3.05, 3.63) is 5.82 Å². The van der Waals surface area contributed by atoms with Crippen LogP contribution in [0.15, 0.2) is 0 Å². The number of rotatable bonds is 6. The summed E-state index contributed by atoms with van der Waals surface area (Å²) in [6.45, 7) is 7.07. The molecular formula is C16H26N6O4. The maximum atomic E-state index is 12.6. The van der Waals surface area contributed by atoms with Gasteiger partial charge in [-0.15, -0.1) is 10.2 Å². The van der Waals surface area contributed by atoms with Gasteiger partial charge in [0.2, 0.25) is 17.6 Å². The fraction of sp³-hybridized carbons (Fsp3) is 0.812. The average Bonchev–Trinajstić information content (AvgIpc) is 3.17. The number of tetrazole rings is 1. The lowest BCUT2D eigenvalue weighted by Crippen LogP contribution is -2.47. The molecule has 1 aromatic rings.